The lowest BCUT2D eigenvalue weighted by atomic mass is 9.93. The highest BCUT2D eigenvalue weighted by molar-refractivity contribution is 7.90. The van der Waals surface area contributed by atoms with E-state index in [0.717, 1.165) is 18.4 Å². The highest BCUT2D eigenvalue weighted by Crippen LogP contribution is 2.36. The minimum absolute atomic E-state index is 0.206. The number of phenols is 1. The van der Waals surface area contributed by atoms with Crippen LogP contribution in [-0.4, -0.2) is 53.9 Å². The first kappa shape index (κ1) is 22.7. The summed E-state index contributed by atoms with van der Waals surface area (Å²) in [5.74, 6) is -4.12. The summed E-state index contributed by atoms with van der Waals surface area (Å²) in [4.78, 5) is 33.1. The predicted molar refractivity (Wildman–Crippen MR) is 100 cm³/mol. The highest BCUT2D eigenvalue weighted by atomic mass is 32.2. The van der Waals surface area contributed by atoms with Crippen molar-refractivity contribution >= 4 is 44.7 Å². The van der Waals surface area contributed by atoms with Crippen molar-refractivity contribution < 1.29 is 28.0 Å². The van der Waals surface area contributed by atoms with E-state index in [-0.39, 0.29) is 5.56 Å². The molecule has 0 aliphatic rings. The number of nitro groups is 1. The van der Waals surface area contributed by atoms with Gasteiger partial charge in [0.2, 0.25) is 11.7 Å². The monoisotopic (exact) mass is 429 g/mol. The third-order valence-corrected chi connectivity index (χ3v) is 4.60. The Balaban J connectivity index is 3.71. The van der Waals surface area contributed by atoms with Gasteiger partial charge in [0.05, 0.1) is 28.2 Å². The number of rotatable bonds is 7. The molecular formula is C14H15N5O7S2. The number of carbonyl (C=O) groups excluding carboxylic acids is 2. The number of carbonyl (C=O) groups is 2. The Kier molecular flexibility index (Phi) is 7.36. The minimum Gasteiger partial charge on any atom is -0.502 e. The zero-order chi connectivity index (χ0) is 21.6. The molecule has 0 radical (unpaired) electrons. The van der Waals surface area contributed by atoms with Crippen LogP contribution in [0.1, 0.15) is 17.0 Å². The van der Waals surface area contributed by atoms with E-state index >= 15 is 0 Å². The third kappa shape index (κ3) is 5.86. The van der Waals surface area contributed by atoms with Gasteiger partial charge < -0.3 is 16.2 Å². The molecule has 0 fully saturated rings. The van der Waals surface area contributed by atoms with E-state index in [1.807, 2.05) is 5.32 Å². The van der Waals surface area contributed by atoms with Gasteiger partial charge in [-0.3, -0.25) is 20.2 Å². The van der Waals surface area contributed by atoms with Crippen molar-refractivity contribution in [3.63, 3.8) is 0 Å². The van der Waals surface area contributed by atoms with Crippen LogP contribution in [0, 0.1) is 21.4 Å². The van der Waals surface area contributed by atoms with E-state index in [1.54, 1.807) is 6.07 Å². The van der Waals surface area contributed by atoms with Crippen molar-refractivity contribution in [3.05, 3.63) is 33.4 Å². The SMILES string of the molecule is CS(=O)(=O)CC(C(=O)NCC#N)c1ccc([N+](=O)[O-])c(O)c1C(=S)NC(N)=O. The van der Waals surface area contributed by atoms with Gasteiger partial charge in [-0.05, 0) is 5.56 Å². The van der Waals surface area contributed by atoms with Crippen molar-refractivity contribution in [2.45, 2.75) is 5.92 Å². The fourth-order valence-corrected chi connectivity index (χ4v) is 3.56. The van der Waals surface area contributed by atoms with Gasteiger partial charge in [0.1, 0.15) is 21.4 Å². The van der Waals surface area contributed by atoms with Gasteiger partial charge in [0.25, 0.3) is 0 Å². The quantitative estimate of drug-likeness (QED) is 0.189. The van der Waals surface area contributed by atoms with E-state index in [1.165, 1.54) is 0 Å². The van der Waals surface area contributed by atoms with E-state index in [9.17, 15) is 33.2 Å². The van der Waals surface area contributed by atoms with Crippen molar-refractivity contribution in [2.24, 2.45) is 5.73 Å². The normalized spacial score (nSPS) is 11.7. The number of benzene rings is 1. The van der Waals surface area contributed by atoms with Crippen LogP contribution in [0.5, 0.6) is 5.75 Å². The van der Waals surface area contributed by atoms with Crippen LogP contribution in [-0.2, 0) is 14.6 Å². The number of nitriles is 1. The molecule has 150 valence electrons. The molecule has 1 unspecified atom stereocenters. The molecule has 28 heavy (non-hydrogen) atoms. The summed E-state index contributed by atoms with van der Waals surface area (Å²) in [6.45, 7) is -0.433. The molecule has 5 N–H and O–H groups in total. The fourth-order valence-electron chi connectivity index (χ4n) is 2.31. The molecule has 1 aromatic rings. The van der Waals surface area contributed by atoms with Crippen molar-refractivity contribution in [3.8, 4) is 11.8 Å². The molecule has 12 nitrogen and oxygen atoms in total. The van der Waals surface area contributed by atoms with Gasteiger partial charge in [0, 0.05) is 12.3 Å². The molecule has 0 aromatic heterocycles. The van der Waals surface area contributed by atoms with Crippen LogP contribution >= 0.6 is 12.2 Å². The van der Waals surface area contributed by atoms with E-state index < -0.39 is 66.9 Å². The largest absolute Gasteiger partial charge is 0.502 e. The molecule has 0 bridgehead atoms. The number of hydrogen-bond donors (Lipinski definition) is 4. The number of phenolic OH excluding ortho intramolecular Hbond substituents is 1. The topological polar surface area (TPSA) is 206 Å². The van der Waals surface area contributed by atoms with Crippen molar-refractivity contribution in [2.75, 3.05) is 18.6 Å². The number of nitrogens with two attached hydrogens (primary N) is 1. The number of sulfone groups is 1. The summed E-state index contributed by atoms with van der Waals surface area (Å²) < 4.78 is 23.5. The van der Waals surface area contributed by atoms with Crippen molar-refractivity contribution in [1.82, 2.24) is 10.6 Å². The number of urea groups is 1. The van der Waals surface area contributed by atoms with Crippen LogP contribution in [0.4, 0.5) is 10.5 Å². The zero-order valence-corrected chi connectivity index (χ0v) is 16.0. The molecule has 0 saturated carbocycles. The summed E-state index contributed by atoms with van der Waals surface area (Å²) in [7, 11) is -3.76. The smallest absolute Gasteiger partial charge is 0.317 e. The average Bonchev–Trinajstić information content (AvgIpc) is 2.55. The first-order chi connectivity index (χ1) is 12.9. The van der Waals surface area contributed by atoms with Crippen LogP contribution in [0.3, 0.4) is 0 Å². The minimum atomic E-state index is -3.76. The second-order valence-electron chi connectivity index (χ2n) is 5.49. The lowest BCUT2D eigenvalue weighted by Gasteiger charge is -2.20. The van der Waals surface area contributed by atoms with Gasteiger partial charge in [-0.25, -0.2) is 13.2 Å². The molecule has 0 saturated heterocycles. The maximum Gasteiger partial charge on any atom is 0.317 e. The number of nitrogens with one attached hydrogen (secondary N) is 2. The Labute approximate surface area is 164 Å². The molecule has 1 aromatic carbocycles. The van der Waals surface area contributed by atoms with E-state index in [4.69, 9.17) is 23.2 Å². The van der Waals surface area contributed by atoms with Crippen LogP contribution < -0.4 is 16.4 Å². The summed E-state index contributed by atoms with van der Waals surface area (Å²) in [5.41, 5.74) is 3.48. The highest BCUT2D eigenvalue weighted by Gasteiger charge is 2.32. The summed E-state index contributed by atoms with van der Waals surface area (Å²) in [5, 5.41) is 34.1. The second kappa shape index (κ2) is 9.06. The molecule has 3 amide bonds. The van der Waals surface area contributed by atoms with Gasteiger partial charge in [0.15, 0.2) is 0 Å². The molecule has 0 aliphatic heterocycles. The number of hydrogen-bond acceptors (Lipinski definition) is 9. The molecule has 0 spiro atoms. The van der Waals surface area contributed by atoms with E-state index in [0.29, 0.717) is 0 Å². The predicted octanol–water partition coefficient (Wildman–Crippen LogP) is -0.588. The van der Waals surface area contributed by atoms with Crippen LogP contribution in [0.2, 0.25) is 0 Å². The summed E-state index contributed by atoms with van der Waals surface area (Å²) >= 11 is 4.92. The standard InChI is InChI=1S/C14H15N5O7S2/c1-28(25,26)6-8(12(21)17-5-4-15)7-2-3-9(19(23)24)11(20)10(7)13(27)18-14(16)22/h2-3,8,20H,5-6H2,1H3,(H,17,21)(H3,16,18,22,27). The molecule has 1 atom stereocenters. The van der Waals surface area contributed by atoms with Gasteiger partial charge in [-0.2, -0.15) is 5.26 Å². The Hall–Kier alpha value is -3.31. The Morgan fingerprint density at radius 3 is 2.54 bits per heavy atom. The Morgan fingerprint density at radius 1 is 1.46 bits per heavy atom. The summed E-state index contributed by atoms with van der Waals surface area (Å²) in [6, 6.07) is 2.39. The number of nitrogens with zero attached hydrogens (tertiary/aromatic N) is 2. The van der Waals surface area contributed by atoms with E-state index in [2.05, 4.69) is 5.32 Å². The third-order valence-electron chi connectivity index (χ3n) is 3.35. The van der Waals surface area contributed by atoms with Gasteiger partial charge in [-0.1, -0.05) is 18.3 Å². The maximum atomic E-state index is 12.4. The average molecular weight is 429 g/mol. The lowest BCUT2D eigenvalue weighted by molar-refractivity contribution is -0.385. The Morgan fingerprint density at radius 2 is 2.07 bits per heavy atom. The maximum absolute atomic E-state index is 12.4. The second-order valence-corrected chi connectivity index (χ2v) is 8.09. The van der Waals surface area contributed by atoms with Gasteiger partial charge >= 0.3 is 11.7 Å². The molecule has 14 heteroatoms. The molecule has 0 heterocycles. The molecule has 0 aliphatic carbocycles. The van der Waals surface area contributed by atoms with Crippen LogP contribution in [0.15, 0.2) is 12.1 Å². The Bertz CT molecular complexity index is 985. The molecule has 1 rings (SSSR count). The summed E-state index contributed by atoms with van der Waals surface area (Å²) in [6.07, 6.45) is 0.850. The van der Waals surface area contributed by atoms with Crippen molar-refractivity contribution in [1.29, 1.82) is 5.26 Å². The first-order valence-corrected chi connectivity index (χ1v) is 9.79. The van der Waals surface area contributed by atoms with Crippen LogP contribution in [0.25, 0.3) is 0 Å². The first-order valence-electron chi connectivity index (χ1n) is 7.32. The fraction of sp³-hybridized carbons (Fsp3) is 0.286. The number of amides is 3. The zero-order valence-electron chi connectivity index (χ0n) is 14.3. The number of aromatic hydroxyl groups is 1. The van der Waals surface area contributed by atoms with Gasteiger partial charge in [-0.15, -0.1) is 0 Å². The molecular weight excluding hydrogens is 414 g/mol. The number of nitro benzene ring substituents is 1. The number of primary amides is 1. The number of thiocarbonyl (C=S) groups is 1. The lowest BCUT2D eigenvalue weighted by Crippen LogP contribution is -2.37.